The Labute approximate surface area is 209 Å². The van der Waals surface area contributed by atoms with Crippen molar-refractivity contribution < 1.29 is 14.3 Å². The van der Waals surface area contributed by atoms with E-state index in [1.807, 2.05) is 0 Å². The highest BCUT2D eigenvalue weighted by Crippen LogP contribution is 2.35. The number of ether oxygens (including phenoxy) is 1. The fourth-order valence-electron chi connectivity index (χ4n) is 3.40. The lowest BCUT2D eigenvalue weighted by Gasteiger charge is -2.10. The molecule has 0 fully saturated rings. The number of benzene rings is 2. The molecule has 0 radical (unpaired) electrons. The summed E-state index contributed by atoms with van der Waals surface area (Å²) >= 11 is 24.9. The maximum atomic E-state index is 13.2. The van der Waals surface area contributed by atoms with Gasteiger partial charge in [0.2, 0.25) is 0 Å². The van der Waals surface area contributed by atoms with Crippen LogP contribution in [0.4, 0.5) is 5.69 Å². The smallest absolute Gasteiger partial charge is 0.296 e. The Hall–Kier alpha value is -2.77. The Morgan fingerprint density at radius 3 is 2.52 bits per heavy atom. The average molecular weight is 523 g/mol. The van der Waals surface area contributed by atoms with Gasteiger partial charge in [0.05, 0.1) is 24.7 Å². The minimum atomic E-state index is -0.870. The summed E-state index contributed by atoms with van der Waals surface area (Å²) in [6.45, 7) is 0.256. The van der Waals surface area contributed by atoms with E-state index in [1.165, 1.54) is 25.4 Å². The van der Waals surface area contributed by atoms with Crippen LogP contribution >= 0.6 is 46.4 Å². The van der Waals surface area contributed by atoms with Gasteiger partial charge in [-0.25, -0.2) is 4.98 Å². The van der Waals surface area contributed by atoms with Gasteiger partial charge in [0, 0.05) is 27.3 Å². The molecular formula is C23H15Cl4N3O3. The number of pyridine rings is 1. The Kier molecular flexibility index (Phi) is 6.81. The number of nitrogens with zero attached hydrogens (tertiary/aromatic N) is 2. The summed E-state index contributed by atoms with van der Waals surface area (Å²) in [5.74, 6) is -1.17. The molecule has 4 aromatic rings. The second-order valence-electron chi connectivity index (χ2n) is 7.02. The molecule has 0 aliphatic rings. The van der Waals surface area contributed by atoms with Gasteiger partial charge in [-0.3, -0.25) is 9.59 Å². The number of ketones is 1. The van der Waals surface area contributed by atoms with Crippen molar-refractivity contribution in [2.24, 2.45) is 0 Å². The van der Waals surface area contributed by atoms with Crippen molar-refractivity contribution in [2.45, 2.75) is 6.54 Å². The number of carbonyl (C=O) groups is 2. The SMILES string of the molecule is COc1ccc2c(c1)c(C(=O)C(=O)Nc1ccnc(Cl)c1)c(Cl)n2Cc1ccc(Cl)cc1Cl. The molecule has 4 rings (SSSR count). The van der Waals surface area contributed by atoms with Crippen LogP contribution in [-0.2, 0) is 11.3 Å². The molecule has 0 unspecified atom stereocenters. The normalized spacial score (nSPS) is 10.9. The summed E-state index contributed by atoms with van der Waals surface area (Å²) in [6.07, 6.45) is 1.42. The highest BCUT2D eigenvalue weighted by atomic mass is 35.5. The van der Waals surface area contributed by atoms with Crippen LogP contribution in [0, 0.1) is 0 Å². The molecule has 0 saturated heterocycles. The number of halogens is 4. The predicted octanol–water partition coefficient (Wildman–Crippen LogP) is 6.53. The van der Waals surface area contributed by atoms with Crippen molar-refractivity contribution in [1.29, 1.82) is 0 Å². The first-order valence-corrected chi connectivity index (χ1v) is 11.1. The third kappa shape index (κ3) is 4.80. The summed E-state index contributed by atoms with van der Waals surface area (Å²) in [7, 11) is 1.51. The molecule has 2 aromatic carbocycles. The third-order valence-electron chi connectivity index (χ3n) is 4.97. The number of hydrogen-bond acceptors (Lipinski definition) is 4. The van der Waals surface area contributed by atoms with Gasteiger partial charge in [0.15, 0.2) is 0 Å². The van der Waals surface area contributed by atoms with Crippen LogP contribution in [0.1, 0.15) is 15.9 Å². The van der Waals surface area contributed by atoms with Gasteiger partial charge in [-0.1, -0.05) is 52.5 Å². The number of hydrogen-bond donors (Lipinski definition) is 1. The number of aromatic nitrogens is 2. The van der Waals surface area contributed by atoms with Crippen molar-refractivity contribution in [1.82, 2.24) is 9.55 Å². The number of fused-ring (bicyclic) bond motifs is 1. The van der Waals surface area contributed by atoms with Crippen molar-refractivity contribution in [3.8, 4) is 5.75 Å². The van der Waals surface area contributed by atoms with E-state index in [4.69, 9.17) is 51.1 Å². The molecule has 2 aromatic heterocycles. The molecule has 2 heterocycles. The monoisotopic (exact) mass is 521 g/mol. The topological polar surface area (TPSA) is 73.2 Å². The number of rotatable bonds is 6. The van der Waals surface area contributed by atoms with Gasteiger partial charge < -0.3 is 14.6 Å². The number of carbonyl (C=O) groups excluding carboxylic acids is 2. The fourth-order valence-corrected chi connectivity index (χ4v) is 4.38. The highest BCUT2D eigenvalue weighted by molar-refractivity contribution is 6.52. The van der Waals surface area contributed by atoms with E-state index in [0.29, 0.717) is 32.4 Å². The molecule has 0 spiro atoms. The minimum absolute atomic E-state index is 0.0494. The lowest BCUT2D eigenvalue weighted by molar-refractivity contribution is -0.112. The van der Waals surface area contributed by atoms with Gasteiger partial charge in [0.1, 0.15) is 16.1 Å². The van der Waals surface area contributed by atoms with Gasteiger partial charge in [-0.05, 0) is 48.0 Å². The zero-order chi connectivity index (χ0) is 23.7. The van der Waals surface area contributed by atoms with Gasteiger partial charge in [-0.2, -0.15) is 0 Å². The second-order valence-corrected chi connectivity index (χ2v) is 8.61. The van der Waals surface area contributed by atoms with E-state index in [2.05, 4.69) is 10.3 Å². The second kappa shape index (κ2) is 9.61. The van der Waals surface area contributed by atoms with E-state index < -0.39 is 11.7 Å². The summed E-state index contributed by atoms with van der Waals surface area (Å²) in [5.41, 5.74) is 1.76. The highest BCUT2D eigenvalue weighted by Gasteiger charge is 2.27. The molecule has 6 nitrogen and oxygen atoms in total. The lowest BCUT2D eigenvalue weighted by Crippen LogP contribution is -2.23. The van der Waals surface area contributed by atoms with Crippen molar-refractivity contribution >= 4 is 74.7 Å². The first kappa shape index (κ1) is 23.4. The zero-order valence-corrected chi connectivity index (χ0v) is 20.1. The van der Waals surface area contributed by atoms with Crippen LogP contribution in [0.5, 0.6) is 5.75 Å². The molecule has 33 heavy (non-hydrogen) atoms. The summed E-state index contributed by atoms with van der Waals surface area (Å²) < 4.78 is 7.01. The van der Waals surface area contributed by atoms with Crippen molar-refractivity contribution in [3.05, 3.63) is 86.2 Å². The maximum Gasteiger partial charge on any atom is 0.296 e. The Bertz CT molecular complexity index is 1400. The van der Waals surface area contributed by atoms with Crippen molar-refractivity contribution in [3.63, 3.8) is 0 Å². The lowest BCUT2D eigenvalue weighted by atomic mass is 10.1. The number of anilines is 1. The Balaban J connectivity index is 1.79. The van der Waals surface area contributed by atoms with Crippen LogP contribution in [0.3, 0.4) is 0 Å². The molecule has 0 atom stereocenters. The van der Waals surface area contributed by atoms with E-state index >= 15 is 0 Å². The van der Waals surface area contributed by atoms with Crippen LogP contribution in [0.2, 0.25) is 20.4 Å². The first-order chi connectivity index (χ1) is 15.8. The van der Waals surface area contributed by atoms with Crippen LogP contribution in [0.25, 0.3) is 10.9 Å². The number of amides is 1. The summed E-state index contributed by atoms with van der Waals surface area (Å²) in [6, 6.07) is 13.2. The van der Waals surface area contributed by atoms with Crippen LogP contribution in [-0.4, -0.2) is 28.4 Å². The van der Waals surface area contributed by atoms with Crippen LogP contribution < -0.4 is 10.1 Å². The van der Waals surface area contributed by atoms with Gasteiger partial charge in [0.25, 0.3) is 11.7 Å². The molecule has 0 aliphatic heterocycles. The largest absolute Gasteiger partial charge is 0.497 e. The molecule has 0 saturated carbocycles. The van der Waals surface area contributed by atoms with E-state index in [-0.39, 0.29) is 22.4 Å². The van der Waals surface area contributed by atoms with Crippen molar-refractivity contribution in [2.75, 3.05) is 12.4 Å². The minimum Gasteiger partial charge on any atom is -0.497 e. The molecule has 1 amide bonds. The third-order valence-corrected chi connectivity index (χ3v) is 6.16. The number of nitrogens with one attached hydrogen (secondary N) is 1. The molecule has 0 aliphatic carbocycles. The van der Waals surface area contributed by atoms with E-state index in [0.717, 1.165) is 5.56 Å². The molecule has 10 heteroatoms. The fraction of sp³-hybridized carbons (Fsp3) is 0.0870. The average Bonchev–Trinajstić information content (AvgIpc) is 3.05. The molecule has 0 bridgehead atoms. The first-order valence-electron chi connectivity index (χ1n) is 9.55. The summed E-state index contributed by atoms with van der Waals surface area (Å²) in [5, 5.41) is 4.23. The van der Waals surface area contributed by atoms with Gasteiger partial charge >= 0.3 is 0 Å². The van der Waals surface area contributed by atoms with Crippen LogP contribution in [0.15, 0.2) is 54.7 Å². The summed E-state index contributed by atoms with van der Waals surface area (Å²) in [4.78, 5) is 29.8. The maximum absolute atomic E-state index is 13.2. The zero-order valence-electron chi connectivity index (χ0n) is 17.0. The quantitative estimate of drug-likeness (QED) is 0.177. The standard InChI is InChI=1S/C23H15Cl4N3O3/c1-33-15-4-5-18-16(10-15)20(21(31)23(32)29-14-6-7-28-19(26)9-14)22(27)30(18)11-12-2-3-13(24)8-17(12)25/h2-10H,11H2,1H3,(H,28,29,32). The molecule has 1 N–H and O–H groups in total. The molecule has 168 valence electrons. The molecular weight excluding hydrogens is 508 g/mol. The number of methoxy groups -OCH3 is 1. The van der Waals surface area contributed by atoms with E-state index in [1.54, 1.807) is 41.0 Å². The van der Waals surface area contributed by atoms with Gasteiger partial charge in [-0.15, -0.1) is 0 Å². The van der Waals surface area contributed by atoms with E-state index in [9.17, 15) is 9.59 Å². The Morgan fingerprint density at radius 1 is 1.03 bits per heavy atom. The predicted molar refractivity (Wildman–Crippen MR) is 131 cm³/mol. The Morgan fingerprint density at radius 2 is 1.82 bits per heavy atom. The number of Topliss-reactive ketones (excluding diaryl/α,β-unsaturated/α-hetero) is 1.